The van der Waals surface area contributed by atoms with Gasteiger partial charge in [-0.15, -0.1) is 0 Å². The molecule has 138 valence electrons. The number of aliphatic hydroxyl groups excluding tert-OH is 1. The van der Waals surface area contributed by atoms with Gasteiger partial charge in [0.2, 0.25) is 9.84 Å². The number of hydrogen-bond donors (Lipinski definition) is 1. The zero-order chi connectivity index (χ0) is 19.0. The van der Waals surface area contributed by atoms with Gasteiger partial charge in [-0.1, -0.05) is 20.8 Å². The van der Waals surface area contributed by atoms with Crippen LogP contribution in [-0.2, 0) is 23.1 Å². The molecule has 0 atom stereocenters. The lowest BCUT2D eigenvalue weighted by molar-refractivity contribution is -0.647. The predicted molar refractivity (Wildman–Crippen MR) is 93.5 cm³/mol. The summed E-state index contributed by atoms with van der Waals surface area (Å²) >= 11 is 0. The first-order chi connectivity index (χ1) is 11.6. The Balaban J connectivity index is 0.000000208. The molecule has 3 rings (SSSR count). The monoisotopic (exact) mass is 368 g/mol. The molecule has 2 aromatic rings. The molecule has 0 radical (unpaired) electrons. The number of benzene rings is 1. The number of fused-ring (bicyclic) bond motifs is 2. The highest BCUT2D eigenvalue weighted by atomic mass is 32.2. The zero-order valence-corrected chi connectivity index (χ0v) is 15.7. The van der Waals surface area contributed by atoms with Gasteiger partial charge in [0, 0.05) is 6.26 Å². The van der Waals surface area contributed by atoms with Crippen LogP contribution in [0, 0.1) is 11.1 Å². The van der Waals surface area contributed by atoms with Gasteiger partial charge in [0.05, 0.1) is 12.8 Å². The van der Waals surface area contributed by atoms with Crippen LogP contribution in [0.25, 0.3) is 0 Å². The van der Waals surface area contributed by atoms with Gasteiger partial charge < -0.3 is 15.1 Å². The molecule has 0 unspecified atom stereocenters. The minimum absolute atomic E-state index is 0.101. The molecule has 0 fully saturated rings. The van der Waals surface area contributed by atoms with Crippen molar-refractivity contribution in [3.63, 3.8) is 0 Å². The second kappa shape index (κ2) is 9.33. The van der Waals surface area contributed by atoms with Crippen molar-refractivity contribution in [2.45, 2.75) is 39.0 Å². The molecule has 7 nitrogen and oxygen atoms in total. The zero-order valence-electron chi connectivity index (χ0n) is 14.8. The summed E-state index contributed by atoms with van der Waals surface area (Å²) in [6, 6.07) is 5.80. The molecule has 0 aliphatic carbocycles. The van der Waals surface area contributed by atoms with Gasteiger partial charge in [0.1, 0.15) is 18.6 Å². The van der Waals surface area contributed by atoms with E-state index in [1.165, 1.54) is 6.20 Å². The van der Waals surface area contributed by atoms with Gasteiger partial charge in [-0.3, -0.25) is 4.98 Å². The molecule has 0 saturated heterocycles. The van der Waals surface area contributed by atoms with Gasteiger partial charge in [0.15, 0.2) is 6.20 Å². The summed E-state index contributed by atoms with van der Waals surface area (Å²) in [6.45, 7) is 7.26. The van der Waals surface area contributed by atoms with Crippen LogP contribution in [0.4, 0.5) is 0 Å². The number of aromatic nitrogens is 2. The standard InChI is InChI=1S/C8H8O2.C5H6N2O3S.C4H10/c9-4-6-1-7-3-8(2-6)10-5-7;1-11(9,10)5-4-6-2-3-7(5)8;1-4(2)3/h1-3,9H,4-5H2;2-4H,1H3;4H,1-3H3. The molecule has 2 heterocycles. The Hall–Kier alpha value is -2.19. The van der Waals surface area contributed by atoms with Crippen LogP contribution in [-0.4, -0.2) is 24.8 Å². The minimum Gasteiger partial charge on any atom is -0.618 e. The van der Waals surface area contributed by atoms with Crippen molar-refractivity contribution in [2.24, 2.45) is 5.92 Å². The number of nitrogens with zero attached hydrogens (tertiary/aromatic N) is 2. The maximum Gasteiger partial charge on any atom is 0.326 e. The molecule has 0 amide bonds. The fourth-order valence-corrected chi connectivity index (χ4v) is 2.39. The molecule has 1 N–H and O–H groups in total. The van der Waals surface area contributed by atoms with Gasteiger partial charge in [-0.05, 0) is 35.2 Å². The Bertz CT molecular complexity index is 766. The third kappa shape index (κ3) is 7.49. The lowest BCUT2D eigenvalue weighted by Crippen LogP contribution is -2.33. The molecular formula is C17H24N2O5S. The lowest BCUT2D eigenvalue weighted by atomic mass is 10.1. The number of aliphatic hydroxyl groups is 1. The quantitative estimate of drug-likeness (QED) is 0.641. The molecule has 1 aliphatic rings. The fraction of sp³-hybridized carbons (Fsp3) is 0.412. The van der Waals surface area contributed by atoms with Crippen LogP contribution >= 0.6 is 0 Å². The van der Waals surface area contributed by atoms with E-state index in [-0.39, 0.29) is 16.4 Å². The SMILES string of the molecule is CC(C)C.CS(=O)(=O)c1cncc[n+]1[O-].OCc1cc2cc(c1)OC2. The van der Waals surface area contributed by atoms with Crippen molar-refractivity contribution >= 4 is 9.84 Å². The smallest absolute Gasteiger partial charge is 0.326 e. The van der Waals surface area contributed by atoms with E-state index < -0.39 is 9.84 Å². The van der Waals surface area contributed by atoms with E-state index in [2.05, 4.69) is 25.8 Å². The minimum atomic E-state index is -3.45. The Kier molecular flexibility index (Phi) is 7.79. The van der Waals surface area contributed by atoms with Crippen LogP contribution in [0.5, 0.6) is 5.75 Å². The Morgan fingerprint density at radius 2 is 1.96 bits per heavy atom. The Labute approximate surface area is 148 Å². The molecule has 1 aromatic carbocycles. The number of sulfone groups is 1. The van der Waals surface area contributed by atoms with Gasteiger partial charge in [-0.25, -0.2) is 8.42 Å². The third-order valence-electron chi connectivity index (χ3n) is 2.68. The molecule has 2 bridgehead atoms. The van der Waals surface area contributed by atoms with Crippen LogP contribution in [0.3, 0.4) is 0 Å². The van der Waals surface area contributed by atoms with Crippen molar-refractivity contribution in [1.82, 2.24) is 4.98 Å². The second-order valence-electron chi connectivity index (χ2n) is 6.18. The maximum absolute atomic E-state index is 10.8. The Morgan fingerprint density at radius 1 is 1.32 bits per heavy atom. The van der Waals surface area contributed by atoms with Crippen molar-refractivity contribution in [3.8, 4) is 5.75 Å². The first-order valence-electron chi connectivity index (χ1n) is 7.73. The van der Waals surface area contributed by atoms with E-state index in [9.17, 15) is 13.6 Å². The van der Waals surface area contributed by atoms with Crippen LogP contribution in [0.1, 0.15) is 31.9 Å². The van der Waals surface area contributed by atoms with Crippen molar-refractivity contribution in [2.75, 3.05) is 6.26 Å². The number of rotatable bonds is 2. The molecule has 0 spiro atoms. The highest BCUT2D eigenvalue weighted by Gasteiger charge is 2.16. The van der Waals surface area contributed by atoms with E-state index in [0.717, 1.165) is 41.4 Å². The Morgan fingerprint density at radius 3 is 2.40 bits per heavy atom. The molecular weight excluding hydrogens is 344 g/mol. The van der Waals surface area contributed by atoms with Crippen molar-refractivity contribution < 1.29 is 23.0 Å². The van der Waals surface area contributed by atoms with Gasteiger partial charge in [0.25, 0.3) is 0 Å². The normalized spacial score (nSPS) is 11.8. The summed E-state index contributed by atoms with van der Waals surface area (Å²) < 4.78 is 27.1. The highest BCUT2D eigenvalue weighted by molar-refractivity contribution is 7.90. The van der Waals surface area contributed by atoms with Crippen molar-refractivity contribution in [1.29, 1.82) is 0 Å². The number of ether oxygens (including phenoxy) is 1. The average Bonchev–Trinajstić information content (AvgIpc) is 2.85. The topological polar surface area (TPSA) is 103 Å². The average molecular weight is 368 g/mol. The van der Waals surface area contributed by atoms with Crippen molar-refractivity contribution in [3.05, 3.63) is 53.1 Å². The van der Waals surface area contributed by atoms with Gasteiger partial charge >= 0.3 is 5.03 Å². The first-order valence-corrected chi connectivity index (χ1v) is 9.62. The number of hydrogen-bond acceptors (Lipinski definition) is 6. The van der Waals surface area contributed by atoms with Crippen LogP contribution < -0.4 is 9.47 Å². The van der Waals surface area contributed by atoms with E-state index in [0.29, 0.717) is 6.61 Å². The summed E-state index contributed by atoms with van der Waals surface area (Å²) in [5, 5.41) is 19.2. The molecule has 25 heavy (non-hydrogen) atoms. The maximum atomic E-state index is 10.8. The summed E-state index contributed by atoms with van der Waals surface area (Å²) in [5.74, 6) is 1.71. The molecule has 0 saturated carbocycles. The second-order valence-corrected chi connectivity index (χ2v) is 8.14. The summed E-state index contributed by atoms with van der Waals surface area (Å²) in [6.07, 6.45) is 4.23. The fourth-order valence-electron chi connectivity index (χ4n) is 1.75. The first kappa shape index (κ1) is 20.9. The molecule has 8 heteroatoms. The highest BCUT2D eigenvalue weighted by Crippen LogP contribution is 2.24. The van der Waals surface area contributed by atoms with E-state index in [1.54, 1.807) is 0 Å². The van der Waals surface area contributed by atoms with Crippen LogP contribution in [0.2, 0.25) is 0 Å². The van der Waals surface area contributed by atoms with Crippen LogP contribution in [0.15, 0.2) is 41.8 Å². The lowest BCUT2D eigenvalue weighted by Gasteiger charge is -1.98. The van der Waals surface area contributed by atoms with Gasteiger partial charge in [-0.2, -0.15) is 4.73 Å². The summed E-state index contributed by atoms with van der Waals surface area (Å²) in [7, 11) is -3.45. The third-order valence-corrected chi connectivity index (χ3v) is 3.73. The predicted octanol–water partition coefficient (Wildman–Crippen LogP) is 1.85. The molecule has 1 aliphatic heterocycles. The molecule has 1 aromatic heterocycles. The summed E-state index contributed by atoms with van der Waals surface area (Å²) in [4.78, 5) is 3.51. The largest absolute Gasteiger partial charge is 0.618 e. The summed E-state index contributed by atoms with van der Waals surface area (Å²) in [5.41, 5.74) is 2.09. The van der Waals surface area contributed by atoms with E-state index in [1.807, 2.05) is 18.2 Å². The van der Waals surface area contributed by atoms with E-state index in [4.69, 9.17) is 9.84 Å². The van der Waals surface area contributed by atoms with E-state index >= 15 is 0 Å².